The maximum Gasteiger partial charge on any atom is 0.280 e. The zero-order valence-electron chi connectivity index (χ0n) is 21.7. The van der Waals surface area contributed by atoms with Crippen LogP contribution in [0.4, 0.5) is 0 Å². The smallest absolute Gasteiger partial charge is 0.280 e. The minimum atomic E-state index is -0.419. The second kappa shape index (κ2) is 11.0. The molecule has 3 heterocycles. The van der Waals surface area contributed by atoms with E-state index in [4.69, 9.17) is 11.6 Å². The molecule has 11 heteroatoms. The quantitative estimate of drug-likeness (QED) is 0.502. The summed E-state index contributed by atoms with van der Waals surface area (Å²) in [6, 6.07) is 6.39. The molecule has 1 aromatic carbocycles. The number of thiazole rings is 1. The van der Waals surface area contributed by atoms with Gasteiger partial charge in [0, 0.05) is 67.0 Å². The molecule has 0 unspecified atom stereocenters. The number of halogens is 1. The molecule has 1 saturated carbocycles. The first kappa shape index (κ1) is 26.5. The minimum absolute atomic E-state index is 0.0247. The number of nitrogens with one attached hydrogen (secondary N) is 2. The highest BCUT2D eigenvalue weighted by Gasteiger charge is 2.37. The van der Waals surface area contributed by atoms with Crippen molar-refractivity contribution in [3.63, 3.8) is 0 Å². The molecule has 2 aromatic heterocycles. The van der Waals surface area contributed by atoms with Gasteiger partial charge in [0.1, 0.15) is 5.69 Å². The molecular weight excluding hydrogens is 524 g/mol. The summed E-state index contributed by atoms with van der Waals surface area (Å²) in [6.07, 6.45) is 4.07. The van der Waals surface area contributed by atoms with Crippen LogP contribution in [0.2, 0.25) is 5.02 Å². The van der Waals surface area contributed by atoms with Crippen LogP contribution in [-0.4, -0.2) is 77.3 Å². The molecule has 38 heavy (non-hydrogen) atoms. The summed E-state index contributed by atoms with van der Waals surface area (Å²) >= 11 is 7.48. The Labute approximate surface area is 230 Å². The van der Waals surface area contributed by atoms with E-state index in [1.54, 1.807) is 43.4 Å². The highest BCUT2D eigenvalue weighted by atomic mass is 35.5. The van der Waals surface area contributed by atoms with Gasteiger partial charge in [-0.3, -0.25) is 19.4 Å². The lowest BCUT2D eigenvalue weighted by Crippen LogP contribution is -2.56. The predicted octanol–water partition coefficient (Wildman–Crippen LogP) is 3.12. The van der Waals surface area contributed by atoms with Crippen LogP contribution < -0.4 is 10.6 Å². The molecule has 3 atom stereocenters. The molecule has 3 aromatic rings. The van der Waals surface area contributed by atoms with Gasteiger partial charge in [0.15, 0.2) is 5.01 Å². The summed E-state index contributed by atoms with van der Waals surface area (Å²) in [5.41, 5.74) is 1.27. The Morgan fingerprint density at radius 1 is 1.08 bits per heavy atom. The minimum Gasteiger partial charge on any atom is -0.349 e. The number of benzene rings is 1. The van der Waals surface area contributed by atoms with Crippen LogP contribution in [0.5, 0.6) is 0 Å². The summed E-state index contributed by atoms with van der Waals surface area (Å²) in [4.78, 5) is 53.1. The number of rotatable bonds is 5. The predicted molar refractivity (Wildman–Crippen MR) is 147 cm³/mol. The molecule has 0 spiro atoms. The van der Waals surface area contributed by atoms with Crippen molar-refractivity contribution in [2.75, 3.05) is 27.7 Å². The van der Waals surface area contributed by atoms with Crippen LogP contribution in [-0.2, 0) is 17.8 Å². The lowest BCUT2D eigenvalue weighted by molar-refractivity contribution is -0.134. The fourth-order valence-corrected chi connectivity index (χ4v) is 6.49. The third-order valence-electron chi connectivity index (χ3n) is 7.31. The maximum absolute atomic E-state index is 13.3. The number of pyridine rings is 1. The fraction of sp³-hybridized carbons (Fsp3) is 0.444. The molecular formula is C27H31ClN6O3S. The molecule has 0 saturated heterocycles. The molecule has 5 rings (SSSR count). The highest BCUT2D eigenvalue weighted by Crippen LogP contribution is 2.29. The Kier molecular flexibility index (Phi) is 7.65. The SMILES string of the molecule is CN1CCc2nc(C(=O)N[C@@H]3C[C@@H](C(=O)N(C)C)CC[C@@H]3NC(=O)c3cc4ccc(Cl)cc4cn3)sc2C1. The van der Waals surface area contributed by atoms with Crippen LogP contribution >= 0.6 is 22.9 Å². The Hall–Kier alpha value is -3.08. The van der Waals surface area contributed by atoms with Crippen LogP contribution in [0.1, 0.15) is 50.1 Å². The summed E-state index contributed by atoms with van der Waals surface area (Å²) in [6.45, 7) is 1.70. The second-order valence-electron chi connectivity index (χ2n) is 10.3. The van der Waals surface area contributed by atoms with Gasteiger partial charge in [-0.2, -0.15) is 0 Å². The van der Waals surface area contributed by atoms with Gasteiger partial charge >= 0.3 is 0 Å². The lowest BCUT2D eigenvalue weighted by Gasteiger charge is -2.37. The number of carbonyl (C=O) groups excluding carboxylic acids is 3. The molecule has 200 valence electrons. The number of amides is 3. The van der Waals surface area contributed by atoms with Crippen molar-refractivity contribution in [3.8, 4) is 0 Å². The molecule has 0 radical (unpaired) electrons. The lowest BCUT2D eigenvalue weighted by atomic mass is 9.81. The maximum atomic E-state index is 13.3. The Bertz CT molecular complexity index is 1390. The summed E-state index contributed by atoms with van der Waals surface area (Å²) in [5.74, 6) is -0.798. The van der Waals surface area contributed by atoms with Gasteiger partial charge in [0.25, 0.3) is 11.8 Å². The second-order valence-corrected chi connectivity index (χ2v) is 11.9. The molecule has 3 amide bonds. The number of nitrogens with zero attached hydrogens (tertiary/aromatic N) is 4. The van der Waals surface area contributed by atoms with Crippen LogP contribution in [0, 0.1) is 5.92 Å². The van der Waals surface area contributed by atoms with Gasteiger partial charge in [-0.1, -0.05) is 17.7 Å². The number of hydrogen-bond donors (Lipinski definition) is 2. The third-order valence-corrected chi connectivity index (χ3v) is 8.62. The van der Waals surface area contributed by atoms with E-state index in [-0.39, 0.29) is 35.4 Å². The number of aromatic nitrogens is 2. The van der Waals surface area contributed by atoms with Crippen molar-refractivity contribution < 1.29 is 14.4 Å². The van der Waals surface area contributed by atoms with Gasteiger partial charge in [-0.15, -0.1) is 11.3 Å². The number of fused-ring (bicyclic) bond motifs is 2. The Morgan fingerprint density at radius 2 is 1.87 bits per heavy atom. The molecule has 1 aliphatic heterocycles. The van der Waals surface area contributed by atoms with Crippen molar-refractivity contribution in [3.05, 3.63) is 56.8 Å². The van der Waals surface area contributed by atoms with Crippen molar-refractivity contribution in [2.45, 2.75) is 44.3 Å². The topological polar surface area (TPSA) is 108 Å². The standard InChI is InChI=1S/C27H31ClN6O3S/c1-33(2)27(37)16-5-7-19(30-24(35)22-11-15-4-6-18(28)10-17(15)13-29-22)21(12-16)31-25(36)26-32-20-8-9-34(3)14-23(20)38-26/h4,6,10-11,13,16,19,21H,5,7-9,12,14H2,1-3H3,(H,30,35)(H,31,36)/t16-,19-,21+/m0/s1. The molecule has 9 nitrogen and oxygen atoms in total. The normalized spacial score (nSPS) is 21.5. The molecule has 2 N–H and O–H groups in total. The monoisotopic (exact) mass is 554 g/mol. The fourth-order valence-electron chi connectivity index (χ4n) is 5.22. The molecule has 1 fully saturated rings. The van der Waals surface area contributed by atoms with Crippen LogP contribution in [0.25, 0.3) is 10.8 Å². The summed E-state index contributed by atoms with van der Waals surface area (Å²) in [5, 5.41) is 8.90. The van der Waals surface area contributed by atoms with Crippen molar-refractivity contribution in [1.29, 1.82) is 0 Å². The van der Waals surface area contributed by atoms with E-state index in [9.17, 15) is 14.4 Å². The average Bonchev–Trinajstić information content (AvgIpc) is 3.32. The van der Waals surface area contributed by atoms with E-state index in [0.29, 0.717) is 29.3 Å². The number of likely N-dealkylation sites (N-methyl/N-ethyl adjacent to an activating group) is 1. The van der Waals surface area contributed by atoms with E-state index >= 15 is 0 Å². The zero-order valence-corrected chi connectivity index (χ0v) is 23.2. The van der Waals surface area contributed by atoms with Crippen LogP contribution in [0.15, 0.2) is 30.5 Å². The largest absolute Gasteiger partial charge is 0.349 e. The molecule has 1 aliphatic carbocycles. The van der Waals surface area contributed by atoms with Gasteiger partial charge in [0.05, 0.1) is 11.7 Å². The number of hydrogen-bond acceptors (Lipinski definition) is 7. The Morgan fingerprint density at radius 3 is 2.66 bits per heavy atom. The summed E-state index contributed by atoms with van der Waals surface area (Å²) in [7, 11) is 5.53. The first-order chi connectivity index (χ1) is 18.2. The molecule has 2 aliphatic rings. The van der Waals surface area contributed by atoms with Gasteiger partial charge < -0.3 is 20.4 Å². The number of carbonyl (C=O) groups is 3. The van der Waals surface area contributed by atoms with E-state index in [0.717, 1.165) is 40.9 Å². The first-order valence-corrected chi connectivity index (χ1v) is 13.9. The van der Waals surface area contributed by atoms with E-state index in [1.807, 2.05) is 6.07 Å². The molecule has 0 bridgehead atoms. The van der Waals surface area contributed by atoms with E-state index < -0.39 is 6.04 Å². The first-order valence-electron chi connectivity index (χ1n) is 12.7. The van der Waals surface area contributed by atoms with Crippen molar-refractivity contribution in [2.24, 2.45) is 5.92 Å². The van der Waals surface area contributed by atoms with Gasteiger partial charge in [-0.25, -0.2) is 4.98 Å². The summed E-state index contributed by atoms with van der Waals surface area (Å²) < 4.78 is 0. The van der Waals surface area contributed by atoms with Crippen molar-refractivity contribution >= 4 is 51.4 Å². The highest BCUT2D eigenvalue weighted by molar-refractivity contribution is 7.13. The van der Waals surface area contributed by atoms with E-state index in [2.05, 4.69) is 32.5 Å². The van der Waals surface area contributed by atoms with E-state index in [1.165, 1.54) is 11.3 Å². The Balaban J connectivity index is 1.34. The van der Waals surface area contributed by atoms with Gasteiger partial charge in [0.2, 0.25) is 5.91 Å². The third kappa shape index (κ3) is 5.67. The van der Waals surface area contributed by atoms with Crippen LogP contribution in [0.3, 0.4) is 0 Å². The zero-order chi connectivity index (χ0) is 27.0. The van der Waals surface area contributed by atoms with Crippen molar-refractivity contribution in [1.82, 2.24) is 30.4 Å². The van der Waals surface area contributed by atoms with Gasteiger partial charge in [-0.05, 0) is 49.9 Å². The average molecular weight is 555 g/mol.